The van der Waals surface area contributed by atoms with Crippen LogP contribution in [0.1, 0.15) is 25.0 Å². The zero-order chi connectivity index (χ0) is 30.3. The summed E-state index contributed by atoms with van der Waals surface area (Å²) in [6, 6.07) is 17.4. The summed E-state index contributed by atoms with van der Waals surface area (Å²) in [5, 5.41) is 3.70. The lowest BCUT2D eigenvalue weighted by Gasteiger charge is -2.34. The van der Waals surface area contributed by atoms with Gasteiger partial charge in [0.25, 0.3) is 0 Å². The maximum Gasteiger partial charge on any atom is 0.244 e. The molecular formula is C29H32Cl3N3O5S. The standard InChI is InChI=1S/C29H32Cl3N3O5S/c1-19(2)33-29(37)26(15-20-8-6-5-7-9-20)34(17-21-10-12-23(30)24(31)14-21)28(36)18-35(41(4,38)39)22-11-13-27(40-3)25(32)16-22/h5-14,16,19,26H,15,17-18H2,1-4H3,(H,33,37)/t26-/m1/s1. The van der Waals surface area contributed by atoms with E-state index < -0.39 is 28.5 Å². The molecule has 8 nitrogen and oxygen atoms in total. The van der Waals surface area contributed by atoms with Gasteiger partial charge in [-0.15, -0.1) is 0 Å². The zero-order valence-electron chi connectivity index (χ0n) is 23.1. The molecule has 220 valence electrons. The van der Waals surface area contributed by atoms with Gasteiger partial charge in [-0.1, -0.05) is 71.2 Å². The first-order valence-electron chi connectivity index (χ1n) is 12.7. The van der Waals surface area contributed by atoms with Gasteiger partial charge in [0.1, 0.15) is 18.3 Å². The molecule has 2 amide bonds. The van der Waals surface area contributed by atoms with Crippen molar-refractivity contribution in [2.75, 3.05) is 24.2 Å². The number of carbonyl (C=O) groups excluding carboxylic acids is 2. The number of carbonyl (C=O) groups is 2. The fourth-order valence-electron chi connectivity index (χ4n) is 4.19. The van der Waals surface area contributed by atoms with E-state index in [-0.39, 0.29) is 40.6 Å². The first-order valence-corrected chi connectivity index (χ1v) is 15.7. The Balaban J connectivity index is 2.08. The second-order valence-electron chi connectivity index (χ2n) is 9.73. The third-order valence-electron chi connectivity index (χ3n) is 6.14. The number of sulfonamides is 1. The van der Waals surface area contributed by atoms with Crippen molar-refractivity contribution < 1.29 is 22.7 Å². The van der Waals surface area contributed by atoms with E-state index in [2.05, 4.69) is 5.32 Å². The van der Waals surface area contributed by atoms with Gasteiger partial charge in [0.2, 0.25) is 21.8 Å². The molecule has 0 bridgehead atoms. The van der Waals surface area contributed by atoms with Gasteiger partial charge in [0.15, 0.2) is 0 Å². The summed E-state index contributed by atoms with van der Waals surface area (Å²) in [4.78, 5) is 29.0. The van der Waals surface area contributed by atoms with Crippen LogP contribution in [0.3, 0.4) is 0 Å². The Kier molecular flexibility index (Phi) is 11.3. The van der Waals surface area contributed by atoms with Gasteiger partial charge >= 0.3 is 0 Å². The van der Waals surface area contributed by atoms with E-state index in [1.54, 1.807) is 18.2 Å². The molecule has 3 aromatic carbocycles. The Bertz CT molecular complexity index is 1490. The fourth-order valence-corrected chi connectivity index (χ4v) is 5.61. The number of hydrogen-bond donors (Lipinski definition) is 1. The Labute approximate surface area is 256 Å². The molecule has 3 rings (SSSR count). The van der Waals surface area contributed by atoms with E-state index in [0.29, 0.717) is 16.3 Å². The number of rotatable bonds is 12. The summed E-state index contributed by atoms with van der Waals surface area (Å²) in [6.07, 6.45) is 1.19. The van der Waals surface area contributed by atoms with Crippen LogP contribution in [-0.2, 0) is 32.6 Å². The number of halogens is 3. The number of methoxy groups -OCH3 is 1. The maximum atomic E-state index is 14.1. The van der Waals surface area contributed by atoms with Crippen molar-refractivity contribution in [3.8, 4) is 5.75 Å². The van der Waals surface area contributed by atoms with Crippen molar-refractivity contribution >= 4 is 62.3 Å². The van der Waals surface area contributed by atoms with Crippen LogP contribution >= 0.6 is 34.8 Å². The minimum Gasteiger partial charge on any atom is -0.495 e. The molecule has 1 N–H and O–H groups in total. The lowest BCUT2D eigenvalue weighted by Crippen LogP contribution is -2.54. The van der Waals surface area contributed by atoms with Crippen LogP contribution in [0.4, 0.5) is 5.69 Å². The molecule has 0 aliphatic rings. The van der Waals surface area contributed by atoms with Gasteiger partial charge in [0, 0.05) is 19.0 Å². The van der Waals surface area contributed by atoms with Crippen molar-refractivity contribution in [1.82, 2.24) is 10.2 Å². The van der Waals surface area contributed by atoms with E-state index >= 15 is 0 Å². The summed E-state index contributed by atoms with van der Waals surface area (Å²) in [5.41, 5.74) is 1.61. The number of hydrogen-bond acceptors (Lipinski definition) is 5. The normalized spacial score (nSPS) is 12.1. The van der Waals surface area contributed by atoms with Gasteiger partial charge < -0.3 is 15.0 Å². The summed E-state index contributed by atoms with van der Waals surface area (Å²) < 4.78 is 31.9. The minimum absolute atomic E-state index is 0.0281. The van der Waals surface area contributed by atoms with E-state index in [4.69, 9.17) is 39.5 Å². The third kappa shape index (κ3) is 9.00. The minimum atomic E-state index is -3.94. The zero-order valence-corrected chi connectivity index (χ0v) is 26.2. The molecule has 0 heterocycles. The van der Waals surface area contributed by atoms with Crippen LogP contribution in [0.25, 0.3) is 0 Å². The molecule has 0 aromatic heterocycles. The molecule has 0 aliphatic heterocycles. The Morgan fingerprint density at radius 2 is 1.59 bits per heavy atom. The first kappa shape index (κ1) is 32.5. The smallest absolute Gasteiger partial charge is 0.244 e. The molecule has 0 radical (unpaired) electrons. The van der Waals surface area contributed by atoms with Crippen LogP contribution < -0.4 is 14.4 Å². The van der Waals surface area contributed by atoms with Gasteiger partial charge in [0.05, 0.1) is 34.1 Å². The third-order valence-corrected chi connectivity index (χ3v) is 8.32. The van der Waals surface area contributed by atoms with Crippen LogP contribution in [0.15, 0.2) is 66.7 Å². The molecule has 0 aliphatic carbocycles. The molecule has 0 fully saturated rings. The van der Waals surface area contributed by atoms with Crippen molar-refractivity contribution in [2.24, 2.45) is 0 Å². The number of amides is 2. The van der Waals surface area contributed by atoms with Crippen LogP contribution in [0.2, 0.25) is 15.1 Å². The molecule has 3 aromatic rings. The van der Waals surface area contributed by atoms with Crippen molar-refractivity contribution in [1.29, 1.82) is 0 Å². The fraction of sp³-hybridized carbons (Fsp3) is 0.310. The van der Waals surface area contributed by atoms with Gasteiger partial charge in [-0.25, -0.2) is 8.42 Å². The monoisotopic (exact) mass is 639 g/mol. The molecule has 12 heteroatoms. The average molecular weight is 641 g/mol. The van der Waals surface area contributed by atoms with Gasteiger partial charge in [-0.2, -0.15) is 0 Å². The molecule has 0 spiro atoms. The van der Waals surface area contributed by atoms with Gasteiger partial charge in [-0.3, -0.25) is 13.9 Å². The molecular weight excluding hydrogens is 609 g/mol. The highest BCUT2D eigenvalue weighted by atomic mass is 35.5. The second-order valence-corrected chi connectivity index (χ2v) is 12.9. The van der Waals surface area contributed by atoms with E-state index in [9.17, 15) is 18.0 Å². The van der Waals surface area contributed by atoms with Crippen LogP contribution in [-0.4, -0.2) is 57.1 Å². The van der Waals surface area contributed by atoms with E-state index in [1.165, 1.54) is 30.2 Å². The van der Waals surface area contributed by atoms with E-state index in [1.807, 2.05) is 44.2 Å². The number of nitrogens with one attached hydrogen (secondary N) is 1. The molecule has 0 saturated heterocycles. The Morgan fingerprint density at radius 1 is 0.902 bits per heavy atom. The lowest BCUT2D eigenvalue weighted by molar-refractivity contribution is -0.140. The predicted molar refractivity (Wildman–Crippen MR) is 164 cm³/mol. The van der Waals surface area contributed by atoms with Crippen LogP contribution in [0, 0.1) is 0 Å². The Hall–Kier alpha value is -2.98. The topological polar surface area (TPSA) is 96.0 Å². The van der Waals surface area contributed by atoms with Crippen LogP contribution in [0.5, 0.6) is 5.75 Å². The Morgan fingerprint density at radius 3 is 2.15 bits per heavy atom. The molecule has 0 unspecified atom stereocenters. The van der Waals surface area contributed by atoms with Crippen molar-refractivity contribution in [3.05, 3.63) is 92.9 Å². The SMILES string of the molecule is COc1ccc(N(CC(=O)N(Cc2ccc(Cl)c(Cl)c2)[C@H](Cc2ccccc2)C(=O)NC(C)C)S(C)(=O)=O)cc1Cl. The van der Waals surface area contributed by atoms with Gasteiger partial charge in [-0.05, 0) is 55.3 Å². The number of anilines is 1. The molecule has 0 saturated carbocycles. The number of ether oxygens (including phenoxy) is 1. The lowest BCUT2D eigenvalue weighted by atomic mass is 10.0. The van der Waals surface area contributed by atoms with E-state index in [0.717, 1.165) is 16.1 Å². The largest absolute Gasteiger partial charge is 0.495 e. The molecule has 41 heavy (non-hydrogen) atoms. The second kappa shape index (κ2) is 14.3. The summed E-state index contributed by atoms with van der Waals surface area (Å²) in [5.74, 6) is -0.631. The highest BCUT2D eigenvalue weighted by Gasteiger charge is 2.33. The quantitative estimate of drug-likeness (QED) is 0.279. The highest BCUT2D eigenvalue weighted by Crippen LogP contribution is 2.31. The predicted octanol–water partition coefficient (Wildman–Crippen LogP) is 5.59. The first-order chi connectivity index (χ1) is 19.3. The average Bonchev–Trinajstić information content (AvgIpc) is 2.90. The summed E-state index contributed by atoms with van der Waals surface area (Å²) in [7, 11) is -2.51. The van der Waals surface area contributed by atoms with Crippen molar-refractivity contribution in [2.45, 2.75) is 38.9 Å². The summed E-state index contributed by atoms with van der Waals surface area (Å²) >= 11 is 18.6. The number of nitrogens with zero attached hydrogens (tertiary/aromatic N) is 2. The summed E-state index contributed by atoms with van der Waals surface area (Å²) in [6.45, 7) is 3.03. The maximum absolute atomic E-state index is 14.1. The highest BCUT2D eigenvalue weighted by molar-refractivity contribution is 7.92. The molecule has 1 atom stereocenters. The van der Waals surface area contributed by atoms with Crippen molar-refractivity contribution in [3.63, 3.8) is 0 Å². The number of benzene rings is 3.